The van der Waals surface area contributed by atoms with E-state index < -0.39 is 0 Å². The topological polar surface area (TPSA) is 77.1 Å². The SMILES string of the molecule is Cc1cccc(OCC(=O)N2C[C@@H]3OCC(NC(=O)Cc4cccs4)CO[C@H]3C2)c1C. The van der Waals surface area contributed by atoms with Crippen molar-refractivity contribution in [2.75, 3.05) is 32.9 Å². The first kappa shape index (κ1) is 21.8. The number of nitrogens with zero attached hydrogens (tertiary/aromatic N) is 1. The molecule has 2 aliphatic rings. The van der Waals surface area contributed by atoms with Crippen LogP contribution in [0, 0.1) is 13.8 Å². The first-order valence-corrected chi connectivity index (χ1v) is 11.4. The maximum absolute atomic E-state index is 12.6. The summed E-state index contributed by atoms with van der Waals surface area (Å²) >= 11 is 1.57. The number of carbonyl (C=O) groups excluding carboxylic acids is 2. The van der Waals surface area contributed by atoms with Crippen LogP contribution >= 0.6 is 11.3 Å². The van der Waals surface area contributed by atoms with Gasteiger partial charge in [0.05, 0.1) is 25.7 Å². The van der Waals surface area contributed by atoms with Crippen molar-refractivity contribution in [3.63, 3.8) is 0 Å². The third kappa shape index (κ3) is 5.44. The highest BCUT2D eigenvalue weighted by Gasteiger charge is 2.39. The summed E-state index contributed by atoms with van der Waals surface area (Å²) in [5, 5.41) is 4.95. The second kappa shape index (κ2) is 9.80. The number of fused-ring (bicyclic) bond motifs is 1. The van der Waals surface area contributed by atoms with Gasteiger partial charge >= 0.3 is 0 Å². The summed E-state index contributed by atoms with van der Waals surface area (Å²) in [5.74, 6) is 0.615. The number of thiophene rings is 1. The minimum atomic E-state index is -0.191. The second-order valence-corrected chi connectivity index (χ2v) is 9.08. The van der Waals surface area contributed by atoms with Gasteiger partial charge in [-0.25, -0.2) is 0 Å². The molecule has 8 heteroatoms. The van der Waals surface area contributed by atoms with Crippen LogP contribution in [-0.4, -0.2) is 67.9 Å². The number of benzene rings is 1. The van der Waals surface area contributed by atoms with Gasteiger partial charge in [-0.2, -0.15) is 0 Å². The van der Waals surface area contributed by atoms with Crippen molar-refractivity contribution in [2.45, 2.75) is 38.5 Å². The van der Waals surface area contributed by atoms with Gasteiger partial charge in [-0.05, 0) is 42.5 Å². The highest BCUT2D eigenvalue weighted by atomic mass is 32.1. The molecule has 2 aromatic rings. The molecular weight excluding hydrogens is 416 g/mol. The van der Waals surface area contributed by atoms with Gasteiger partial charge in [-0.15, -0.1) is 11.3 Å². The molecule has 0 aliphatic carbocycles. The van der Waals surface area contributed by atoms with E-state index in [9.17, 15) is 9.59 Å². The summed E-state index contributed by atoms with van der Waals surface area (Å²) in [6, 6.07) is 9.52. The Morgan fingerprint density at radius 1 is 1.13 bits per heavy atom. The molecule has 0 saturated carbocycles. The molecule has 2 atom stereocenters. The Morgan fingerprint density at radius 3 is 2.55 bits per heavy atom. The standard InChI is InChI=1S/C23H28N2O5S/c1-15-5-3-7-19(16(15)2)30-14-23(27)25-10-20-21(11-25)29-13-17(12-28-20)24-22(26)9-18-6-4-8-31-18/h3-8,17,20-21H,9-14H2,1-2H3,(H,24,26)/t20-,21-/m0/s1. The van der Waals surface area contributed by atoms with Crippen LogP contribution in [0.25, 0.3) is 0 Å². The van der Waals surface area contributed by atoms with Crippen molar-refractivity contribution in [1.82, 2.24) is 10.2 Å². The van der Waals surface area contributed by atoms with Crippen LogP contribution in [0.1, 0.15) is 16.0 Å². The third-order valence-electron chi connectivity index (χ3n) is 5.78. The lowest BCUT2D eigenvalue weighted by atomic mass is 10.1. The van der Waals surface area contributed by atoms with E-state index in [4.69, 9.17) is 14.2 Å². The number of likely N-dealkylation sites (tertiary alicyclic amines) is 1. The summed E-state index contributed by atoms with van der Waals surface area (Å²) < 4.78 is 17.7. The number of amides is 2. The molecule has 2 amide bonds. The predicted molar refractivity (Wildman–Crippen MR) is 117 cm³/mol. The molecule has 0 spiro atoms. The number of hydrogen-bond acceptors (Lipinski definition) is 6. The number of ether oxygens (including phenoxy) is 3. The molecule has 1 aromatic carbocycles. The fourth-order valence-electron chi connectivity index (χ4n) is 3.84. The van der Waals surface area contributed by atoms with E-state index in [0.29, 0.717) is 32.7 Å². The lowest BCUT2D eigenvalue weighted by Gasteiger charge is -2.20. The van der Waals surface area contributed by atoms with Crippen LogP contribution in [0.15, 0.2) is 35.7 Å². The monoisotopic (exact) mass is 444 g/mol. The molecular formula is C23H28N2O5S. The second-order valence-electron chi connectivity index (χ2n) is 8.05. The molecule has 166 valence electrons. The van der Waals surface area contributed by atoms with Crippen LogP contribution < -0.4 is 10.1 Å². The lowest BCUT2D eigenvalue weighted by Crippen LogP contribution is -2.42. The van der Waals surface area contributed by atoms with Crippen molar-refractivity contribution in [1.29, 1.82) is 0 Å². The summed E-state index contributed by atoms with van der Waals surface area (Å²) in [6.07, 6.45) is -0.0170. The average molecular weight is 445 g/mol. The Kier molecular flexibility index (Phi) is 6.89. The Bertz CT molecular complexity index is 901. The fraction of sp³-hybridized carbons (Fsp3) is 0.478. The predicted octanol–water partition coefficient (Wildman–Crippen LogP) is 2.10. The molecule has 31 heavy (non-hydrogen) atoms. The number of aryl methyl sites for hydroxylation is 1. The largest absolute Gasteiger partial charge is 0.483 e. The number of nitrogens with one attached hydrogen (secondary N) is 1. The normalized spacial score (nSPS) is 21.4. The van der Waals surface area contributed by atoms with E-state index in [1.165, 1.54) is 0 Å². The van der Waals surface area contributed by atoms with Crippen molar-refractivity contribution in [3.05, 3.63) is 51.7 Å². The van der Waals surface area contributed by atoms with E-state index in [2.05, 4.69) is 5.32 Å². The van der Waals surface area contributed by atoms with Crippen LogP contribution in [0.4, 0.5) is 0 Å². The van der Waals surface area contributed by atoms with Gasteiger partial charge in [0, 0.05) is 18.0 Å². The molecule has 0 bridgehead atoms. The zero-order valence-electron chi connectivity index (χ0n) is 17.8. The lowest BCUT2D eigenvalue weighted by molar-refractivity contribution is -0.133. The van der Waals surface area contributed by atoms with Crippen LogP contribution in [0.3, 0.4) is 0 Å². The van der Waals surface area contributed by atoms with Gasteiger partial charge in [0.1, 0.15) is 18.0 Å². The molecule has 0 radical (unpaired) electrons. The van der Waals surface area contributed by atoms with Gasteiger partial charge in [0.15, 0.2) is 6.61 Å². The minimum Gasteiger partial charge on any atom is -0.483 e. The van der Waals surface area contributed by atoms with Crippen molar-refractivity contribution in [2.24, 2.45) is 0 Å². The smallest absolute Gasteiger partial charge is 0.260 e. The van der Waals surface area contributed by atoms with Crippen LogP contribution in [-0.2, 0) is 25.5 Å². The van der Waals surface area contributed by atoms with E-state index >= 15 is 0 Å². The maximum Gasteiger partial charge on any atom is 0.260 e. The molecule has 2 saturated heterocycles. The molecule has 2 fully saturated rings. The van der Waals surface area contributed by atoms with E-state index in [-0.39, 0.29) is 36.7 Å². The number of hydrogen-bond donors (Lipinski definition) is 1. The van der Waals surface area contributed by atoms with Crippen LogP contribution in [0.5, 0.6) is 5.75 Å². The molecule has 4 rings (SSSR count). The van der Waals surface area contributed by atoms with Gasteiger partial charge in [0.2, 0.25) is 5.91 Å². The Hall–Kier alpha value is -2.42. The molecule has 3 heterocycles. The molecule has 1 aromatic heterocycles. The summed E-state index contributed by atoms with van der Waals surface area (Å²) in [7, 11) is 0. The van der Waals surface area contributed by atoms with E-state index in [0.717, 1.165) is 21.8 Å². The molecule has 1 N–H and O–H groups in total. The summed E-state index contributed by atoms with van der Waals surface area (Å²) in [4.78, 5) is 27.6. The minimum absolute atomic E-state index is 0.00879. The average Bonchev–Trinajstić information content (AvgIpc) is 3.37. The zero-order chi connectivity index (χ0) is 21.8. The van der Waals surface area contributed by atoms with Crippen LogP contribution in [0.2, 0.25) is 0 Å². The van der Waals surface area contributed by atoms with Gasteiger partial charge in [-0.3, -0.25) is 9.59 Å². The highest BCUT2D eigenvalue weighted by Crippen LogP contribution is 2.23. The Balaban J connectivity index is 1.23. The van der Waals surface area contributed by atoms with Gasteiger partial charge in [-0.1, -0.05) is 18.2 Å². The van der Waals surface area contributed by atoms with E-state index in [1.54, 1.807) is 16.2 Å². The third-order valence-corrected chi connectivity index (χ3v) is 6.65. The Morgan fingerprint density at radius 2 is 1.87 bits per heavy atom. The van der Waals surface area contributed by atoms with Crippen molar-refractivity contribution >= 4 is 23.2 Å². The van der Waals surface area contributed by atoms with Gasteiger partial charge < -0.3 is 24.4 Å². The first-order valence-electron chi connectivity index (χ1n) is 10.5. The Labute approximate surface area is 186 Å². The zero-order valence-corrected chi connectivity index (χ0v) is 18.7. The molecule has 7 nitrogen and oxygen atoms in total. The summed E-state index contributed by atoms with van der Waals surface area (Å²) in [6.45, 7) is 5.68. The van der Waals surface area contributed by atoms with Crippen molar-refractivity contribution in [3.8, 4) is 5.75 Å². The maximum atomic E-state index is 12.6. The van der Waals surface area contributed by atoms with Crippen molar-refractivity contribution < 1.29 is 23.8 Å². The van der Waals surface area contributed by atoms with Gasteiger partial charge in [0.25, 0.3) is 5.91 Å². The molecule has 2 aliphatic heterocycles. The quantitative estimate of drug-likeness (QED) is 0.738. The summed E-state index contributed by atoms with van der Waals surface area (Å²) in [5.41, 5.74) is 2.17. The number of carbonyl (C=O) groups is 2. The molecule has 0 unspecified atom stereocenters. The highest BCUT2D eigenvalue weighted by molar-refractivity contribution is 7.10. The van der Waals surface area contributed by atoms with E-state index in [1.807, 2.05) is 49.6 Å². The first-order chi connectivity index (χ1) is 15.0. The number of rotatable bonds is 6. The fourth-order valence-corrected chi connectivity index (χ4v) is 4.54.